The molecule has 0 spiro atoms. The van der Waals surface area contributed by atoms with Crippen LogP contribution in [0, 0.1) is 5.92 Å². The summed E-state index contributed by atoms with van der Waals surface area (Å²) in [5.41, 5.74) is 0. The van der Waals surface area contributed by atoms with Crippen molar-refractivity contribution in [1.82, 2.24) is 0 Å². The number of hydrogen-bond donors (Lipinski definition) is 2. The molecular formula is C10H24KO3P. The minimum absolute atomic E-state index is 0. The van der Waals surface area contributed by atoms with Gasteiger partial charge in [-0.25, -0.2) is 0 Å². The molecule has 0 aliphatic carbocycles. The molecule has 5 heteroatoms. The number of unbranched alkanes of at least 4 members (excludes halogenated alkanes) is 3. The molecule has 88 valence electrons. The van der Waals surface area contributed by atoms with E-state index >= 15 is 0 Å². The Labute approximate surface area is 136 Å². The second-order valence-electron chi connectivity index (χ2n) is 3.97. The van der Waals surface area contributed by atoms with Gasteiger partial charge in [-0.1, -0.05) is 46.0 Å². The summed E-state index contributed by atoms with van der Waals surface area (Å²) in [6.45, 7) is 4.16. The van der Waals surface area contributed by atoms with Crippen LogP contribution in [-0.2, 0) is 4.57 Å². The molecule has 0 saturated carbocycles. The fourth-order valence-electron chi connectivity index (χ4n) is 1.62. The Balaban J connectivity index is 0. The predicted molar refractivity (Wildman–Crippen MR) is 66.6 cm³/mol. The maximum atomic E-state index is 10.8. The van der Waals surface area contributed by atoms with E-state index in [4.69, 9.17) is 9.79 Å². The van der Waals surface area contributed by atoms with E-state index in [1.807, 2.05) is 6.92 Å². The summed E-state index contributed by atoms with van der Waals surface area (Å²) < 4.78 is 10.8. The normalized spacial score (nSPS) is 13.3. The average Bonchev–Trinajstić information content (AvgIpc) is 2.08. The molecule has 0 aliphatic rings. The van der Waals surface area contributed by atoms with Gasteiger partial charge < -0.3 is 9.79 Å². The molecule has 0 bridgehead atoms. The van der Waals surface area contributed by atoms with Gasteiger partial charge in [0.1, 0.15) is 0 Å². The fraction of sp³-hybridized carbons (Fsp3) is 1.00. The molecule has 0 fully saturated rings. The predicted octanol–water partition coefficient (Wildman–Crippen LogP) is 2.51. The molecule has 0 aromatic carbocycles. The third-order valence-electron chi connectivity index (χ3n) is 2.54. The van der Waals surface area contributed by atoms with Gasteiger partial charge in [-0.2, -0.15) is 0 Å². The molecule has 2 N–H and O–H groups in total. The summed E-state index contributed by atoms with van der Waals surface area (Å²) in [5.74, 6) is 0.202. The van der Waals surface area contributed by atoms with Crippen LogP contribution in [0.1, 0.15) is 52.4 Å². The number of rotatable bonds is 8. The van der Waals surface area contributed by atoms with Crippen molar-refractivity contribution >= 4 is 59.0 Å². The van der Waals surface area contributed by atoms with Gasteiger partial charge in [0.2, 0.25) is 0 Å². The van der Waals surface area contributed by atoms with Crippen LogP contribution in [0.2, 0.25) is 0 Å². The number of hydrogen-bond acceptors (Lipinski definition) is 1. The van der Waals surface area contributed by atoms with E-state index in [0.717, 1.165) is 19.3 Å². The molecule has 0 amide bonds. The van der Waals surface area contributed by atoms with E-state index in [1.165, 1.54) is 19.3 Å². The molecule has 0 saturated heterocycles. The first-order chi connectivity index (χ1) is 6.49. The average molecular weight is 262 g/mol. The van der Waals surface area contributed by atoms with Crippen molar-refractivity contribution in [3.63, 3.8) is 0 Å². The van der Waals surface area contributed by atoms with Gasteiger partial charge in [-0.05, 0) is 12.3 Å². The molecule has 0 aromatic rings. The third-order valence-corrected chi connectivity index (χ3v) is 3.53. The topological polar surface area (TPSA) is 57.5 Å². The van der Waals surface area contributed by atoms with E-state index < -0.39 is 7.60 Å². The zero-order valence-electron chi connectivity index (χ0n) is 9.28. The maximum absolute atomic E-state index is 10.8. The van der Waals surface area contributed by atoms with Gasteiger partial charge in [0, 0.05) is 0 Å². The van der Waals surface area contributed by atoms with Crippen molar-refractivity contribution in [1.29, 1.82) is 0 Å². The van der Waals surface area contributed by atoms with E-state index in [0.29, 0.717) is 0 Å². The van der Waals surface area contributed by atoms with Crippen molar-refractivity contribution in [2.75, 3.05) is 6.16 Å². The van der Waals surface area contributed by atoms with Crippen molar-refractivity contribution in [2.24, 2.45) is 5.92 Å². The summed E-state index contributed by atoms with van der Waals surface area (Å²) >= 11 is 0. The molecule has 1 unspecified atom stereocenters. The Kier molecular flexibility index (Phi) is 13.9. The SMILES string of the molecule is CCCCCCC(CC)CP(=O)(O)O.[KH]. The van der Waals surface area contributed by atoms with Crippen molar-refractivity contribution in [2.45, 2.75) is 52.4 Å². The van der Waals surface area contributed by atoms with E-state index in [9.17, 15) is 4.57 Å². The molecule has 0 rings (SSSR count). The van der Waals surface area contributed by atoms with Gasteiger partial charge in [0.15, 0.2) is 0 Å². The molecule has 3 nitrogen and oxygen atoms in total. The molecule has 0 heterocycles. The van der Waals surface area contributed by atoms with Gasteiger partial charge >= 0.3 is 59.0 Å². The molecule has 15 heavy (non-hydrogen) atoms. The molecule has 1 atom stereocenters. The Bertz CT molecular complexity index is 182. The summed E-state index contributed by atoms with van der Waals surface area (Å²) in [6, 6.07) is 0. The quantitative estimate of drug-likeness (QED) is 0.401. The van der Waals surface area contributed by atoms with Gasteiger partial charge in [-0.3, -0.25) is 4.57 Å². The first-order valence-electron chi connectivity index (χ1n) is 5.54. The summed E-state index contributed by atoms with van der Waals surface area (Å²) in [5, 5.41) is 0. The first kappa shape index (κ1) is 19.1. The van der Waals surface area contributed by atoms with Crippen LogP contribution in [0.3, 0.4) is 0 Å². The van der Waals surface area contributed by atoms with Gasteiger partial charge in [0.25, 0.3) is 0 Å². The van der Waals surface area contributed by atoms with Gasteiger partial charge in [0.05, 0.1) is 6.16 Å². The zero-order valence-corrected chi connectivity index (χ0v) is 10.2. The summed E-state index contributed by atoms with van der Waals surface area (Å²) in [6.07, 6.45) is 6.62. The van der Waals surface area contributed by atoms with E-state index in [2.05, 4.69) is 6.92 Å². The Morgan fingerprint density at radius 2 is 1.73 bits per heavy atom. The third kappa shape index (κ3) is 13.7. The first-order valence-corrected chi connectivity index (χ1v) is 7.34. The molecule has 0 aliphatic heterocycles. The standard InChI is InChI=1S/C10H23O3P.K.H/c1-3-5-6-7-8-10(4-2)9-14(11,12)13;;/h10H,3-9H2,1-2H3,(H2,11,12,13);;. The van der Waals surface area contributed by atoms with Crippen molar-refractivity contribution in [3.8, 4) is 0 Å². The van der Waals surface area contributed by atoms with Crippen LogP contribution in [0.15, 0.2) is 0 Å². The second kappa shape index (κ2) is 10.9. The molecule has 0 radical (unpaired) electrons. The van der Waals surface area contributed by atoms with Crippen LogP contribution in [0.5, 0.6) is 0 Å². The molecule has 0 aromatic heterocycles. The van der Waals surface area contributed by atoms with Crippen LogP contribution < -0.4 is 0 Å². The van der Waals surface area contributed by atoms with Gasteiger partial charge in [-0.15, -0.1) is 0 Å². The summed E-state index contributed by atoms with van der Waals surface area (Å²) in [7, 11) is -3.79. The minimum atomic E-state index is -3.79. The second-order valence-corrected chi connectivity index (χ2v) is 5.67. The summed E-state index contributed by atoms with van der Waals surface area (Å²) in [4.78, 5) is 17.7. The van der Waals surface area contributed by atoms with E-state index in [-0.39, 0.29) is 63.5 Å². The fourth-order valence-corrected chi connectivity index (χ4v) is 2.73. The Hall–Kier alpha value is 1.79. The Morgan fingerprint density at radius 1 is 1.13 bits per heavy atom. The van der Waals surface area contributed by atoms with Crippen molar-refractivity contribution in [3.05, 3.63) is 0 Å². The van der Waals surface area contributed by atoms with Crippen molar-refractivity contribution < 1.29 is 14.4 Å². The van der Waals surface area contributed by atoms with Crippen LogP contribution >= 0.6 is 7.60 Å². The van der Waals surface area contributed by atoms with Crippen LogP contribution in [-0.4, -0.2) is 67.3 Å². The Morgan fingerprint density at radius 3 is 2.13 bits per heavy atom. The van der Waals surface area contributed by atoms with Crippen LogP contribution in [0.4, 0.5) is 0 Å². The molecular weight excluding hydrogens is 238 g/mol. The van der Waals surface area contributed by atoms with E-state index in [1.54, 1.807) is 0 Å². The monoisotopic (exact) mass is 262 g/mol. The van der Waals surface area contributed by atoms with Crippen LogP contribution in [0.25, 0.3) is 0 Å². The zero-order chi connectivity index (χ0) is 11.0.